The largest absolute Gasteiger partial charge is 0.496 e. The maximum Gasteiger partial charge on any atom is 0.123 e. The molecule has 0 fully saturated rings. The fourth-order valence-corrected chi connectivity index (χ4v) is 2.06. The second kappa shape index (κ2) is 7.25. The van der Waals surface area contributed by atoms with Crippen molar-refractivity contribution < 1.29 is 4.74 Å². The molecule has 0 saturated carbocycles. The molecule has 0 radical (unpaired) electrons. The van der Waals surface area contributed by atoms with Gasteiger partial charge in [-0.15, -0.1) is 0 Å². The van der Waals surface area contributed by atoms with Gasteiger partial charge in [0, 0.05) is 23.7 Å². The Hall–Kier alpha value is -1.24. The van der Waals surface area contributed by atoms with Crippen molar-refractivity contribution in [1.82, 2.24) is 4.90 Å². The molecule has 0 heterocycles. The van der Waals surface area contributed by atoms with E-state index in [2.05, 4.69) is 11.0 Å². The van der Waals surface area contributed by atoms with Crippen LogP contribution < -0.4 is 4.74 Å². The van der Waals surface area contributed by atoms with Gasteiger partial charge in [0.15, 0.2) is 0 Å². The zero-order valence-corrected chi connectivity index (χ0v) is 11.9. The van der Waals surface area contributed by atoms with Crippen molar-refractivity contribution in [3.05, 3.63) is 28.8 Å². The Kier molecular flexibility index (Phi) is 5.97. The zero-order chi connectivity index (χ0) is 13.5. The summed E-state index contributed by atoms with van der Waals surface area (Å²) in [6.07, 6.45) is 0.869. The summed E-state index contributed by atoms with van der Waals surface area (Å²) >= 11 is 5.99. The second-order valence-electron chi connectivity index (χ2n) is 4.39. The van der Waals surface area contributed by atoms with Gasteiger partial charge in [-0.2, -0.15) is 5.26 Å². The molecule has 1 aromatic carbocycles. The van der Waals surface area contributed by atoms with Crippen molar-refractivity contribution >= 4 is 11.6 Å². The van der Waals surface area contributed by atoms with Crippen LogP contribution in [0.15, 0.2) is 18.2 Å². The normalized spacial score (nSPS) is 12.2. The summed E-state index contributed by atoms with van der Waals surface area (Å²) in [5.74, 6) is 0.899. The van der Waals surface area contributed by atoms with Crippen LogP contribution >= 0.6 is 11.6 Å². The highest BCUT2D eigenvalue weighted by Crippen LogP contribution is 2.24. The van der Waals surface area contributed by atoms with Crippen molar-refractivity contribution in [2.75, 3.05) is 20.7 Å². The van der Waals surface area contributed by atoms with Gasteiger partial charge >= 0.3 is 0 Å². The van der Waals surface area contributed by atoms with E-state index in [1.807, 2.05) is 32.2 Å². The molecule has 0 aliphatic heterocycles. The van der Waals surface area contributed by atoms with Crippen LogP contribution in [0.25, 0.3) is 0 Å². The van der Waals surface area contributed by atoms with Crippen molar-refractivity contribution in [3.63, 3.8) is 0 Å². The number of rotatable bonds is 6. The fourth-order valence-electron chi connectivity index (χ4n) is 1.86. The van der Waals surface area contributed by atoms with Crippen LogP contribution in [0.2, 0.25) is 5.02 Å². The van der Waals surface area contributed by atoms with E-state index < -0.39 is 0 Å². The van der Waals surface area contributed by atoms with Gasteiger partial charge in [0.1, 0.15) is 5.75 Å². The molecule has 0 aromatic heterocycles. The number of nitrogens with zero attached hydrogens (tertiary/aromatic N) is 2. The highest BCUT2D eigenvalue weighted by Gasteiger charge is 2.11. The molecule has 0 aliphatic carbocycles. The topological polar surface area (TPSA) is 36.3 Å². The molecule has 98 valence electrons. The predicted molar refractivity (Wildman–Crippen MR) is 73.7 cm³/mol. The first-order valence-electron chi connectivity index (χ1n) is 6.01. The van der Waals surface area contributed by atoms with Gasteiger partial charge < -0.3 is 9.64 Å². The highest BCUT2D eigenvalue weighted by atomic mass is 35.5. The van der Waals surface area contributed by atoms with Gasteiger partial charge in [-0.05, 0) is 31.7 Å². The first-order valence-corrected chi connectivity index (χ1v) is 6.39. The average molecular weight is 267 g/mol. The van der Waals surface area contributed by atoms with E-state index >= 15 is 0 Å². The van der Waals surface area contributed by atoms with Crippen molar-refractivity contribution in [2.24, 2.45) is 5.92 Å². The summed E-state index contributed by atoms with van der Waals surface area (Å²) in [4.78, 5) is 2.12. The van der Waals surface area contributed by atoms with Crippen molar-refractivity contribution in [2.45, 2.75) is 19.9 Å². The summed E-state index contributed by atoms with van der Waals surface area (Å²) in [7, 11) is 3.65. The molecule has 1 aromatic rings. The maximum absolute atomic E-state index is 8.96. The summed E-state index contributed by atoms with van der Waals surface area (Å²) in [6, 6.07) is 7.90. The minimum absolute atomic E-state index is 0.0696. The van der Waals surface area contributed by atoms with Crippen LogP contribution in [0.1, 0.15) is 18.9 Å². The van der Waals surface area contributed by atoms with Crippen molar-refractivity contribution in [3.8, 4) is 11.8 Å². The molecule has 1 unspecified atom stereocenters. The van der Waals surface area contributed by atoms with E-state index in [0.717, 1.165) is 30.8 Å². The Bertz CT molecular complexity index is 428. The lowest BCUT2D eigenvalue weighted by Gasteiger charge is -2.20. The van der Waals surface area contributed by atoms with Gasteiger partial charge in [0.2, 0.25) is 0 Å². The third-order valence-corrected chi connectivity index (χ3v) is 3.13. The lowest BCUT2D eigenvalue weighted by atomic mass is 10.1. The summed E-state index contributed by atoms with van der Waals surface area (Å²) in [5.41, 5.74) is 1.04. The van der Waals surface area contributed by atoms with Gasteiger partial charge in [-0.3, -0.25) is 0 Å². The third-order valence-electron chi connectivity index (χ3n) is 2.89. The molecule has 4 heteroatoms. The summed E-state index contributed by atoms with van der Waals surface area (Å²) in [5, 5.41) is 9.66. The van der Waals surface area contributed by atoms with Crippen LogP contribution in [0.4, 0.5) is 0 Å². The Morgan fingerprint density at radius 1 is 1.50 bits per heavy atom. The molecule has 18 heavy (non-hydrogen) atoms. The first-order chi connectivity index (χ1) is 8.60. The minimum atomic E-state index is 0.0696. The van der Waals surface area contributed by atoms with Gasteiger partial charge in [0.25, 0.3) is 0 Å². The number of benzene rings is 1. The number of hydrogen-bond acceptors (Lipinski definition) is 3. The van der Waals surface area contributed by atoms with Gasteiger partial charge in [-0.25, -0.2) is 0 Å². The fraction of sp³-hybridized carbons (Fsp3) is 0.500. The quantitative estimate of drug-likeness (QED) is 0.792. The van der Waals surface area contributed by atoms with E-state index in [0.29, 0.717) is 5.02 Å². The number of hydrogen-bond donors (Lipinski definition) is 0. The first kappa shape index (κ1) is 14.8. The monoisotopic (exact) mass is 266 g/mol. The molecule has 0 N–H and O–H groups in total. The van der Waals surface area contributed by atoms with Gasteiger partial charge in [0.05, 0.1) is 19.1 Å². The minimum Gasteiger partial charge on any atom is -0.496 e. The van der Waals surface area contributed by atoms with E-state index in [1.54, 1.807) is 7.11 Å². The number of methoxy groups -OCH3 is 1. The van der Waals surface area contributed by atoms with E-state index in [4.69, 9.17) is 21.6 Å². The average Bonchev–Trinajstić information content (AvgIpc) is 2.36. The Morgan fingerprint density at radius 2 is 2.22 bits per heavy atom. The lowest BCUT2D eigenvalue weighted by molar-refractivity contribution is 0.286. The standard InChI is InChI=1S/C14H19ClN2O/c1-4-11(8-16)9-17(2)10-12-7-13(15)5-6-14(12)18-3/h5-7,11H,4,9-10H2,1-3H3. The molecule has 0 saturated heterocycles. The maximum atomic E-state index is 8.96. The van der Waals surface area contributed by atoms with Crippen LogP contribution in [-0.4, -0.2) is 25.6 Å². The zero-order valence-electron chi connectivity index (χ0n) is 11.1. The molecule has 3 nitrogen and oxygen atoms in total. The van der Waals surface area contributed by atoms with Crippen molar-refractivity contribution in [1.29, 1.82) is 5.26 Å². The van der Waals surface area contributed by atoms with E-state index in [-0.39, 0.29) is 5.92 Å². The highest BCUT2D eigenvalue weighted by molar-refractivity contribution is 6.30. The van der Waals surface area contributed by atoms with Gasteiger partial charge in [-0.1, -0.05) is 18.5 Å². The molecule has 0 bridgehead atoms. The van der Waals surface area contributed by atoms with E-state index in [1.165, 1.54) is 0 Å². The number of nitriles is 1. The number of halogens is 1. The molecule has 0 aliphatic rings. The smallest absolute Gasteiger partial charge is 0.123 e. The molecular weight excluding hydrogens is 248 g/mol. The number of ether oxygens (including phenoxy) is 1. The molecule has 0 amide bonds. The Balaban J connectivity index is 2.72. The van der Waals surface area contributed by atoms with Crippen LogP contribution in [0.3, 0.4) is 0 Å². The molecule has 1 rings (SSSR count). The molecule has 0 spiro atoms. The molecule has 1 atom stereocenters. The predicted octanol–water partition coefficient (Wildman–Crippen LogP) is 3.33. The summed E-state index contributed by atoms with van der Waals surface area (Å²) in [6.45, 7) is 3.51. The molecular formula is C14H19ClN2O. The van der Waals surface area contributed by atoms with Crippen LogP contribution in [0, 0.1) is 17.2 Å². The third kappa shape index (κ3) is 4.21. The van der Waals surface area contributed by atoms with E-state index in [9.17, 15) is 0 Å². The van der Waals surface area contributed by atoms with Crippen LogP contribution in [0.5, 0.6) is 5.75 Å². The second-order valence-corrected chi connectivity index (χ2v) is 4.82. The van der Waals surface area contributed by atoms with Crippen LogP contribution in [-0.2, 0) is 6.54 Å². The Labute approximate surface area is 114 Å². The summed E-state index contributed by atoms with van der Waals surface area (Å²) < 4.78 is 5.31. The SMILES string of the molecule is CCC(C#N)CN(C)Cc1cc(Cl)ccc1OC. The Morgan fingerprint density at radius 3 is 2.78 bits per heavy atom. The lowest BCUT2D eigenvalue weighted by Crippen LogP contribution is -2.24.